The van der Waals surface area contributed by atoms with E-state index in [2.05, 4.69) is 11.2 Å². The topological polar surface area (TPSA) is 51.0 Å². The molecule has 0 saturated carbocycles. The Morgan fingerprint density at radius 1 is 0.733 bits per heavy atom. The molecule has 4 heteroatoms. The first-order valence-electron chi connectivity index (χ1n) is 9.78. The minimum atomic E-state index is -0.536. The van der Waals surface area contributed by atoms with Crippen molar-refractivity contribution in [2.75, 3.05) is 14.2 Å². The van der Waals surface area contributed by atoms with Crippen molar-refractivity contribution in [3.05, 3.63) is 102 Å². The normalized spacial score (nSPS) is 11.7. The smallest absolute Gasteiger partial charge is 0.118 e. The number of hydrogen-bond acceptors (Lipinski definition) is 4. The molecular weight excluding hydrogens is 374 g/mol. The SMILES string of the molecule is COc1ccc(C(=CC(C)(C)/C(=N/O)c2ccccc2)c2ccc(OC)cc2)cc1. The van der Waals surface area contributed by atoms with Gasteiger partial charge in [0.25, 0.3) is 0 Å². The molecule has 0 bridgehead atoms. The Bertz CT molecular complexity index is 969. The Kier molecular flexibility index (Phi) is 6.58. The minimum absolute atomic E-state index is 0.536. The van der Waals surface area contributed by atoms with Gasteiger partial charge in [-0.2, -0.15) is 0 Å². The van der Waals surface area contributed by atoms with Crippen LogP contribution in [-0.2, 0) is 0 Å². The second-order valence-corrected chi connectivity index (χ2v) is 7.55. The maximum Gasteiger partial charge on any atom is 0.118 e. The van der Waals surface area contributed by atoms with E-state index in [1.807, 2.05) is 92.7 Å². The molecule has 30 heavy (non-hydrogen) atoms. The van der Waals surface area contributed by atoms with Crippen molar-refractivity contribution in [3.8, 4) is 11.5 Å². The zero-order chi connectivity index (χ0) is 21.6. The number of nitrogens with zero attached hydrogens (tertiary/aromatic N) is 1. The summed E-state index contributed by atoms with van der Waals surface area (Å²) in [7, 11) is 3.31. The molecular formula is C26H27NO3. The third-order valence-electron chi connectivity index (χ3n) is 5.06. The van der Waals surface area contributed by atoms with Crippen LogP contribution in [0.4, 0.5) is 0 Å². The summed E-state index contributed by atoms with van der Waals surface area (Å²) >= 11 is 0. The molecule has 154 valence electrons. The molecule has 3 rings (SSSR count). The first kappa shape index (κ1) is 21.2. The van der Waals surface area contributed by atoms with E-state index in [0.29, 0.717) is 5.71 Å². The zero-order valence-electron chi connectivity index (χ0n) is 17.8. The molecule has 0 amide bonds. The van der Waals surface area contributed by atoms with Crippen molar-refractivity contribution in [3.63, 3.8) is 0 Å². The molecule has 3 aromatic carbocycles. The maximum atomic E-state index is 9.83. The first-order valence-corrected chi connectivity index (χ1v) is 9.78. The van der Waals surface area contributed by atoms with Gasteiger partial charge in [-0.3, -0.25) is 0 Å². The molecule has 3 aromatic rings. The molecule has 0 fully saturated rings. The van der Waals surface area contributed by atoms with Gasteiger partial charge >= 0.3 is 0 Å². The van der Waals surface area contributed by atoms with Gasteiger partial charge in [0.05, 0.1) is 19.9 Å². The minimum Gasteiger partial charge on any atom is -0.497 e. The van der Waals surface area contributed by atoms with Crippen LogP contribution in [0.2, 0.25) is 0 Å². The molecule has 0 aliphatic rings. The molecule has 0 aliphatic carbocycles. The average Bonchev–Trinajstić information content (AvgIpc) is 2.79. The van der Waals surface area contributed by atoms with Crippen LogP contribution >= 0.6 is 0 Å². The number of hydrogen-bond donors (Lipinski definition) is 1. The molecule has 0 radical (unpaired) electrons. The predicted molar refractivity (Wildman–Crippen MR) is 122 cm³/mol. The Labute approximate surface area is 178 Å². The molecule has 0 unspecified atom stereocenters. The number of oxime groups is 1. The number of rotatable bonds is 7. The number of benzene rings is 3. The summed E-state index contributed by atoms with van der Waals surface area (Å²) in [6.07, 6.45) is 2.14. The second-order valence-electron chi connectivity index (χ2n) is 7.55. The molecule has 4 nitrogen and oxygen atoms in total. The van der Waals surface area contributed by atoms with Gasteiger partial charge in [-0.15, -0.1) is 0 Å². The van der Waals surface area contributed by atoms with Crippen LogP contribution in [0.25, 0.3) is 5.57 Å². The van der Waals surface area contributed by atoms with E-state index in [0.717, 1.165) is 33.8 Å². The highest BCUT2D eigenvalue weighted by Gasteiger charge is 2.26. The first-order chi connectivity index (χ1) is 14.5. The summed E-state index contributed by atoms with van der Waals surface area (Å²) < 4.78 is 10.6. The highest BCUT2D eigenvalue weighted by molar-refractivity contribution is 6.06. The Balaban J connectivity index is 2.12. The van der Waals surface area contributed by atoms with Gasteiger partial charge in [0.1, 0.15) is 11.5 Å². The fraction of sp³-hybridized carbons (Fsp3) is 0.192. The van der Waals surface area contributed by atoms with Crippen molar-refractivity contribution in [1.29, 1.82) is 0 Å². The van der Waals surface area contributed by atoms with E-state index in [-0.39, 0.29) is 0 Å². The predicted octanol–water partition coefficient (Wildman–Crippen LogP) is 6.04. The number of methoxy groups -OCH3 is 2. The van der Waals surface area contributed by atoms with E-state index in [1.54, 1.807) is 14.2 Å². The van der Waals surface area contributed by atoms with Crippen LogP contribution in [0.3, 0.4) is 0 Å². The quantitative estimate of drug-likeness (QED) is 0.298. The van der Waals surface area contributed by atoms with Crippen LogP contribution in [-0.4, -0.2) is 25.1 Å². The van der Waals surface area contributed by atoms with Crippen LogP contribution < -0.4 is 9.47 Å². The van der Waals surface area contributed by atoms with Crippen molar-refractivity contribution < 1.29 is 14.7 Å². The summed E-state index contributed by atoms with van der Waals surface area (Å²) in [6.45, 7) is 4.09. The lowest BCUT2D eigenvalue weighted by atomic mass is 9.79. The lowest BCUT2D eigenvalue weighted by Gasteiger charge is -2.24. The largest absolute Gasteiger partial charge is 0.497 e. The maximum absolute atomic E-state index is 9.83. The number of ether oxygens (including phenoxy) is 2. The summed E-state index contributed by atoms with van der Waals surface area (Å²) in [4.78, 5) is 0. The summed E-state index contributed by atoms with van der Waals surface area (Å²) in [5, 5.41) is 13.5. The van der Waals surface area contributed by atoms with Crippen molar-refractivity contribution >= 4 is 11.3 Å². The van der Waals surface area contributed by atoms with Crippen molar-refractivity contribution in [1.82, 2.24) is 0 Å². The summed E-state index contributed by atoms with van der Waals surface area (Å²) in [6, 6.07) is 25.6. The highest BCUT2D eigenvalue weighted by Crippen LogP contribution is 2.34. The second kappa shape index (κ2) is 9.31. The van der Waals surface area contributed by atoms with E-state index in [9.17, 15) is 5.21 Å². The lowest BCUT2D eigenvalue weighted by Crippen LogP contribution is -2.23. The Morgan fingerprint density at radius 2 is 1.20 bits per heavy atom. The van der Waals surface area contributed by atoms with Gasteiger partial charge < -0.3 is 14.7 Å². The lowest BCUT2D eigenvalue weighted by molar-refractivity contribution is 0.313. The van der Waals surface area contributed by atoms with Crippen LogP contribution in [0.15, 0.2) is 90.1 Å². The van der Waals surface area contributed by atoms with Crippen LogP contribution in [0.1, 0.15) is 30.5 Å². The average molecular weight is 402 g/mol. The third-order valence-corrected chi connectivity index (χ3v) is 5.06. The van der Waals surface area contributed by atoms with Crippen LogP contribution in [0.5, 0.6) is 11.5 Å². The fourth-order valence-electron chi connectivity index (χ4n) is 3.46. The molecule has 1 N–H and O–H groups in total. The van der Waals surface area contributed by atoms with Gasteiger partial charge in [-0.25, -0.2) is 0 Å². The van der Waals surface area contributed by atoms with Gasteiger partial charge in [-0.1, -0.05) is 79.7 Å². The van der Waals surface area contributed by atoms with Gasteiger partial charge in [0, 0.05) is 11.0 Å². The van der Waals surface area contributed by atoms with Gasteiger partial charge in [0.2, 0.25) is 0 Å². The van der Waals surface area contributed by atoms with Crippen LogP contribution in [0, 0.1) is 5.41 Å². The van der Waals surface area contributed by atoms with E-state index in [4.69, 9.17) is 9.47 Å². The fourth-order valence-corrected chi connectivity index (χ4v) is 3.46. The van der Waals surface area contributed by atoms with Gasteiger partial charge in [0.15, 0.2) is 0 Å². The zero-order valence-corrected chi connectivity index (χ0v) is 17.8. The standard InChI is InChI=1S/C26H27NO3/c1-26(2,25(27-28)21-8-6-5-7-9-21)18-24(19-10-14-22(29-3)15-11-19)20-12-16-23(30-4)17-13-20/h5-18,28H,1-4H3/b27-25+. The molecule has 0 aromatic heterocycles. The van der Waals surface area contributed by atoms with E-state index in [1.165, 1.54) is 0 Å². The monoisotopic (exact) mass is 401 g/mol. The molecule has 0 saturated heterocycles. The Hall–Kier alpha value is -3.53. The van der Waals surface area contributed by atoms with Crippen molar-refractivity contribution in [2.24, 2.45) is 10.6 Å². The summed E-state index contributed by atoms with van der Waals surface area (Å²) in [5.41, 5.74) is 4.06. The number of allylic oxidation sites excluding steroid dienone is 1. The van der Waals surface area contributed by atoms with E-state index < -0.39 is 5.41 Å². The molecule has 0 atom stereocenters. The summed E-state index contributed by atoms with van der Waals surface area (Å²) in [5.74, 6) is 1.60. The van der Waals surface area contributed by atoms with Gasteiger partial charge in [-0.05, 0) is 41.0 Å². The highest BCUT2D eigenvalue weighted by atomic mass is 16.5. The molecule has 0 heterocycles. The van der Waals surface area contributed by atoms with E-state index >= 15 is 0 Å². The molecule has 0 spiro atoms. The molecule has 0 aliphatic heterocycles. The Morgan fingerprint density at radius 3 is 1.60 bits per heavy atom. The third kappa shape index (κ3) is 4.71. The van der Waals surface area contributed by atoms with Crippen molar-refractivity contribution in [2.45, 2.75) is 13.8 Å².